The number of ether oxygens (including phenoxy) is 2. The number of carbonyl (C=O) groups excluding carboxylic acids is 5. The summed E-state index contributed by atoms with van der Waals surface area (Å²) in [5.41, 5.74) is 6.43. The number of benzene rings is 3. The van der Waals surface area contributed by atoms with E-state index in [1.165, 1.54) is 18.4 Å². The van der Waals surface area contributed by atoms with Gasteiger partial charge in [-0.2, -0.15) is 0 Å². The molecule has 2 heterocycles. The van der Waals surface area contributed by atoms with E-state index >= 15 is 0 Å². The predicted octanol–water partition coefficient (Wildman–Crippen LogP) is 6.38. The quantitative estimate of drug-likeness (QED) is 0.124. The van der Waals surface area contributed by atoms with E-state index in [2.05, 4.69) is 15.5 Å². The molecule has 3 aromatic carbocycles. The summed E-state index contributed by atoms with van der Waals surface area (Å²) in [5.74, 6) is -1.04. The van der Waals surface area contributed by atoms with E-state index < -0.39 is 0 Å². The molecule has 3 aliphatic rings. The molecule has 2 N–H and O–H groups in total. The number of amides is 3. The summed E-state index contributed by atoms with van der Waals surface area (Å²) < 4.78 is 9.86. The zero-order chi connectivity index (χ0) is 41.3. The summed E-state index contributed by atoms with van der Waals surface area (Å²) in [6.45, 7) is 5.66. The van der Waals surface area contributed by atoms with Gasteiger partial charge in [-0.05, 0) is 117 Å². The normalized spacial score (nSPS) is 15.3. The van der Waals surface area contributed by atoms with E-state index in [-0.39, 0.29) is 36.2 Å². The number of nitrogens with one attached hydrogen (secondary N) is 2. The molecule has 12 nitrogen and oxygen atoms in total. The second kappa shape index (κ2) is 19.6. The number of methoxy groups -OCH3 is 1. The van der Waals surface area contributed by atoms with Gasteiger partial charge in [0.25, 0.3) is 11.8 Å². The molecule has 1 aromatic heterocycles. The number of piperazine rings is 1. The fourth-order valence-electron chi connectivity index (χ4n) is 7.85. The van der Waals surface area contributed by atoms with Crippen molar-refractivity contribution in [1.29, 1.82) is 0 Å². The van der Waals surface area contributed by atoms with Crippen molar-refractivity contribution in [2.45, 2.75) is 70.9 Å². The Morgan fingerprint density at radius 1 is 0.797 bits per heavy atom. The van der Waals surface area contributed by atoms with Gasteiger partial charge in [0.1, 0.15) is 5.00 Å². The standard InChI is InChI=1S/C46H53N5O7S/c1-3-58-41(53)30-49-23-25-50(26-24-49)40(52)29-51(37-21-22-37)28-33-7-6-8-35(27-33)43(54)48-45-42(38-9-4-5-10-39(38)59-45)44(55)47-36-19-15-32(16-20-36)12-11-31-13-17-34(18-14-31)46(56)57-2/h6-8,13-20,27,37H,3-5,9-12,21-26,28-30H2,1-2H3,(H,47,55)(H,48,54). The van der Waals surface area contributed by atoms with Crippen molar-refractivity contribution < 1.29 is 33.4 Å². The van der Waals surface area contributed by atoms with Crippen molar-refractivity contribution in [1.82, 2.24) is 14.7 Å². The summed E-state index contributed by atoms with van der Waals surface area (Å²) in [6.07, 6.45) is 7.39. The van der Waals surface area contributed by atoms with Crippen LogP contribution in [0.25, 0.3) is 0 Å². The summed E-state index contributed by atoms with van der Waals surface area (Å²) in [5, 5.41) is 6.75. The fraction of sp³-hybridized carbons (Fsp3) is 0.413. The molecule has 0 unspecified atom stereocenters. The molecule has 1 saturated heterocycles. The van der Waals surface area contributed by atoms with E-state index in [1.54, 1.807) is 25.1 Å². The lowest BCUT2D eigenvalue weighted by atomic mass is 9.95. The van der Waals surface area contributed by atoms with E-state index in [4.69, 9.17) is 9.47 Å². The molecule has 1 aliphatic heterocycles. The highest BCUT2D eigenvalue weighted by Gasteiger charge is 2.33. The van der Waals surface area contributed by atoms with Crippen LogP contribution in [0.1, 0.15) is 90.8 Å². The van der Waals surface area contributed by atoms with Gasteiger partial charge in [-0.3, -0.25) is 29.0 Å². The molecular weight excluding hydrogens is 767 g/mol. The van der Waals surface area contributed by atoms with Crippen LogP contribution in [0.3, 0.4) is 0 Å². The minimum Gasteiger partial charge on any atom is -0.465 e. The maximum atomic E-state index is 14.0. The predicted molar refractivity (Wildman–Crippen MR) is 228 cm³/mol. The van der Waals surface area contributed by atoms with Gasteiger partial charge in [0.2, 0.25) is 5.91 Å². The number of thiophene rings is 1. The van der Waals surface area contributed by atoms with Gasteiger partial charge in [-0.25, -0.2) is 4.79 Å². The Balaban J connectivity index is 0.960. The molecule has 0 spiro atoms. The first-order chi connectivity index (χ1) is 28.7. The Morgan fingerprint density at radius 3 is 2.17 bits per heavy atom. The van der Waals surface area contributed by atoms with Crippen LogP contribution < -0.4 is 10.6 Å². The van der Waals surface area contributed by atoms with Gasteiger partial charge in [-0.1, -0.05) is 36.4 Å². The highest BCUT2D eigenvalue weighted by atomic mass is 32.1. The van der Waals surface area contributed by atoms with Crippen LogP contribution in [0.4, 0.5) is 10.7 Å². The van der Waals surface area contributed by atoms with Gasteiger partial charge in [0.15, 0.2) is 0 Å². The highest BCUT2D eigenvalue weighted by Crippen LogP contribution is 2.39. The Bertz CT molecular complexity index is 2140. The first-order valence-electron chi connectivity index (χ1n) is 20.7. The Hall–Kier alpha value is -5.37. The van der Waals surface area contributed by atoms with Crippen LogP contribution in [0, 0.1) is 0 Å². The molecule has 0 atom stereocenters. The van der Waals surface area contributed by atoms with Crippen molar-refractivity contribution in [2.24, 2.45) is 0 Å². The van der Waals surface area contributed by atoms with Crippen LogP contribution in [-0.4, -0.2) is 103 Å². The number of hydrogen-bond donors (Lipinski definition) is 2. The third kappa shape index (κ3) is 11.0. The van der Waals surface area contributed by atoms with Gasteiger partial charge >= 0.3 is 11.9 Å². The molecule has 7 rings (SSSR count). The maximum absolute atomic E-state index is 14.0. The van der Waals surface area contributed by atoms with Gasteiger partial charge in [0.05, 0.1) is 37.9 Å². The second-order valence-corrected chi connectivity index (χ2v) is 16.6. The molecule has 1 saturated carbocycles. The van der Waals surface area contributed by atoms with Crippen molar-refractivity contribution in [3.63, 3.8) is 0 Å². The van der Waals surface area contributed by atoms with Gasteiger partial charge < -0.3 is 25.0 Å². The number of hydrogen-bond acceptors (Lipinski definition) is 10. The maximum Gasteiger partial charge on any atom is 0.337 e. The molecule has 310 valence electrons. The fourth-order valence-corrected chi connectivity index (χ4v) is 9.13. The molecule has 2 fully saturated rings. The smallest absolute Gasteiger partial charge is 0.337 e. The van der Waals surface area contributed by atoms with E-state index in [9.17, 15) is 24.0 Å². The van der Waals surface area contributed by atoms with Crippen molar-refractivity contribution in [3.8, 4) is 0 Å². The topological polar surface area (TPSA) is 138 Å². The Kier molecular flexibility index (Phi) is 13.9. The molecule has 4 aromatic rings. The van der Waals surface area contributed by atoms with E-state index in [0.29, 0.717) is 79.3 Å². The zero-order valence-corrected chi connectivity index (χ0v) is 34.7. The largest absolute Gasteiger partial charge is 0.465 e. The number of nitrogens with zero attached hydrogens (tertiary/aromatic N) is 3. The minimum atomic E-state index is -0.354. The SMILES string of the molecule is CCOC(=O)CN1CCN(C(=O)CN(Cc2cccc(C(=O)Nc3sc4c(c3C(=O)Nc3ccc(CCc5ccc(C(=O)OC)cc5)cc3)CCCC4)c2)C2CC2)CC1. The average molecular weight is 820 g/mol. The number of anilines is 2. The van der Waals surface area contributed by atoms with Crippen LogP contribution in [0.2, 0.25) is 0 Å². The first-order valence-corrected chi connectivity index (χ1v) is 21.5. The minimum absolute atomic E-state index is 0.0748. The number of aryl methyl sites for hydroxylation is 3. The lowest BCUT2D eigenvalue weighted by Gasteiger charge is -2.35. The summed E-state index contributed by atoms with van der Waals surface area (Å²) in [6, 6.07) is 23.1. The Morgan fingerprint density at radius 2 is 1.49 bits per heavy atom. The summed E-state index contributed by atoms with van der Waals surface area (Å²) in [7, 11) is 1.37. The van der Waals surface area contributed by atoms with Crippen LogP contribution >= 0.6 is 11.3 Å². The molecular formula is C46H53N5O7S. The van der Waals surface area contributed by atoms with E-state index in [1.807, 2.05) is 64.4 Å². The number of esters is 2. The monoisotopic (exact) mass is 819 g/mol. The van der Waals surface area contributed by atoms with Crippen LogP contribution in [0.15, 0.2) is 72.8 Å². The number of carbonyl (C=O) groups is 5. The second-order valence-electron chi connectivity index (χ2n) is 15.5. The molecule has 3 amide bonds. The van der Waals surface area contributed by atoms with Crippen molar-refractivity contribution in [2.75, 3.05) is 63.6 Å². The molecule has 0 bridgehead atoms. The highest BCUT2D eigenvalue weighted by molar-refractivity contribution is 7.17. The first kappa shape index (κ1) is 41.8. The van der Waals surface area contributed by atoms with E-state index in [0.717, 1.165) is 78.5 Å². The van der Waals surface area contributed by atoms with Crippen molar-refractivity contribution in [3.05, 3.63) is 117 Å². The van der Waals surface area contributed by atoms with Crippen LogP contribution in [-0.2, 0) is 51.3 Å². The van der Waals surface area contributed by atoms with Gasteiger partial charge in [-0.15, -0.1) is 11.3 Å². The summed E-state index contributed by atoms with van der Waals surface area (Å²) in [4.78, 5) is 72.1. The molecule has 59 heavy (non-hydrogen) atoms. The van der Waals surface area contributed by atoms with Gasteiger partial charge in [0, 0.05) is 54.9 Å². The molecule has 0 radical (unpaired) electrons. The Labute approximate surface area is 349 Å². The molecule has 13 heteroatoms. The third-order valence-corrected chi connectivity index (χ3v) is 12.5. The number of fused-ring (bicyclic) bond motifs is 1. The van der Waals surface area contributed by atoms with Crippen LogP contribution in [0.5, 0.6) is 0 Å². The summed E-state index contributed by atoms with van der Waals surface area (Å²) >= 11 is 1.49. The average Bonchev–Trinajstić information content (AvgIpc) is 4.04. The third-order valence-electron chi connectivity index (χ3n) is 11.3. The van der Waals surface area contributed by atoms with Crippen molar-refractivity contribution >= 4 is 51.7 Å². The lowest BCUT2D eigenvalue weighted by Crippen LogP contribution is -2.52. The zero-order valence-electron chi connectivity index (χ0n) is 33.9. The lowest BCUT2D eigenvalue weighted by molar-refractivity contribution is -0.145. The number of rotatable bonds is 16. The molecule has 2 aliphatic carbocycles.